The first-order valence-electron chi connectivity index (χ1n) is 4.17. The fourth-order valence-corrected chi connectivity index (χ4v) is 2.32. The molecule has 1 aromatic carbocycles. The van der Waals surface area contributed by atoms with Gasteiger partial charge in [0.1, 0.15) is 5.94 Å². The summed E-state index contributed by atoms with van der Waals surface area (Å²) < 4.78 is 22.8. The van der Waals surface area contributed by atoms with Gasteiger partial charge < -0.3 is 10.8 Å². The largest absolute Gasteiger partial charge is 0.397 e. The Kier molecular flexibility index (Phi) is 3.15. The minimum atomic E-state index is -4.13. The second-order valence-corrected chi connectivity index (χ2v) is 5.10. The summed E-state index contributed by atoms with van der Waals surface area (Å²) >= 11 is 0. The Bertz CT molecular complexity index is 538. The molecule has 7 nitrogen and oxygen atoms in total. The quantitative estimate of drug-likeness (QED) is 0.446. The smallest absolute Gasteiger partial charge is 0.290 e. The molecule has 0 fully saturated rings. The molecule has 0 heterocycles. The lowest BCUT2D eigenvalue weighted by Crippen LogP contribution is -2.12. The van der Waals surface area contributed by atoms with E-state index in [9.17, 15) is 18.5 Å². The summed E-state index contributed by atoms with van der Waals surface area (Å²) in [5.74, 6) is -1.22. The van der Waals surface area contributed by atoms with Gasteiger partial charge in [0.2, 0.25) is 9.84 Å². The molecule has 0 spiro atoms. The molecule has 0 aliphatic heterocycles. The molecule has 0 amide bonds. The highest BCUT2D eigenvalue weighted by molar-refractivity contribution is 7.91. The minimum Gasteiger partial charge on any atom is -0.397 e. The molecule has 8 heteroatoms. The standard InChI is InChI=1S/C8H10N2O5S/c1-5-2-6(9)8(16(14,15)4-11)7(3-5)10(12)13/h2-3,11H,4,9H2,1H3. The molecule has 1 aromatic rings. The molecule has 3 N–H and O–H groups in total. The van der Waals surface area contributed by atoms with Gasteiger partial charge in [0.25, 0.3) is 5.69 Å². The van der Waals surface area contributed by atoms with Crippen LogP contribution in [0.4, 0.5) is 11.4 Å². The highest BCUT2D eigenvalue weighted by Crippen LogP contribution is 2.31. The van der Waals surface area contributed by atoms with Gasteiger partial charge in [-0.3, -0.25) is 10.1 Å². The average molecular weight is 246 g/mol. The zero-order chi connectivity index (χ0) is 12.5. The van der Waals surface area contributed by atoms with Crippen molar-refractivity contribution < 1.29 is 18.4 Å². The number of nitrogens with two attached hydrogens (primary N) is 1. The van der Waals surface area contributed by atoms with E-state index in [-0.39, 0.29) is 5.69 Å². The van der Waals surface area contributed by atoms with Crippen LogP contribution in [0.15, 0.2) is 17.0 Å². The molecule has 0 aromatic heterocycles. The van der Waals surface area contributed by atoms with Crippen LogP contribution in [0.3, 0.4) is 0 Å². The molecular weight excluding hydrogens is 236 g/mol. The Morgan fingerprint density at radius 3 is 2.50 bits per heavy atom. The third kappa shape index (κ3) is 2.12. The average Bonchev–Trinajstić information content (AvgIpc) is 2.15. The number of hydrogen-bond donors (Lipinski definition) is 2. The van der Waals surface area contributed by atoms with E-state index in [0.717, 1.165) is 6.07 Å². The van der Waals surface area contributed by atoms with E-state index in [1.54, 1.807) is 6.92 Å². The number of sulfone groups is 1. The fourth-order valence-electron chi connectivity index (χ4n) is 1.32. The summed E-state index contributed by atoms with van der Waals surface area (Å²) in [6.45, 7) is 1.55. The van der Waals surface area contributed by atoms with Gasteiger partial charge in [0.05, 0.1) is 10.6 Å². The van der Waals surface area contributed by atoms with Gasteiger partial charge in [-0.15, -0.1) is 0 Å². The molecule has 0 saturated heterocycles. The van der Waals surface area contributed by atoms with Gasteiger partial charge in [-0.05, 0) is 18.6 Å². The predicted molar refractivity (Wildman–Crippen MR) is 56.5 cm³/mol. The molecule has 16 heavy (non-hydrogen) atoms. The number of nitro benzene ring substituents is 1. The summed E-state index contributed by atoms with van der Waals surface area (Å²) in [5.41, 5.74) is 5.05. The molecule has 0 bridgehead atoms. The molecule has 0 radical (unpaired) electrons. The molecule has 0 atom stereocenters. The first kappa shape index (κ1) is 12.4. The van der Waals surface area contributed by atoms with Gasteiger partial charge in [0.15, 0.2) is 4.90 Å². The van der Waals surface area contributed by atoms with Gasteiger partial charge in [0, 0.05) is 6.07 Å². The number of nitro groups is 1. The Labute approximate surface area is 91.6 Å². The molecule has 0 aliphatic rings. The first-order valence-corrected chi connectivity index (χ1v) is 5.83. The van der Waals surface area contributed by atoms with Gasteiger partial charge in [-0.25, -0.2) is 8.42 Å². The topological polar surface area (TPSA) is 124 Å². The monoisotopic (exact) mass is 246 g/mol. The zero-order valence-corrected chi connectivity index (χ0v) is 9.19. The lowest BCUT2D eigenvalue weighted by molar-refractivity contribution is -0.387. The third-order valence-corrected chi connectivity index (χ3v) is 3.33. The van der Waals surface area contributed by atoms with Crippen molar-refractivity contribution in [2.24, 2.45) is 0 Å². The lowest BCUT2D eigenvalue weighted by atomic mass is 10.2. The third-order valence-electron chi connectivity index (χ3n) is 1.92. The number of benzene rings is 1. The highest BCUT2D eigenvalue weighted by Gasteiger charge is 2.28. The van der Waals surface area contributed by atoms with Crippen molar-refractivity contribution in [1.29, 1.82) is 0 Å². The molecule has 0 aliphatic carbocycles. The van der Waals surface area contributed by atoms with Crippen molar-refractivity contribution in [3.05, 3.63) is 27.8 Å². The summed E-state index contributed by atoms with van der Waals surface area (Å²) in [7, 11) is -4.13. The van der Waals surface area contributed by atoms with E-state index in [1.807, 2.05) is 0 Å². The number of anilines is 1. The minimum absolute atomic E-state index is 0.235. The van der Waals surface area contributed by atoms with Crippen molar-refractivity contribution in [2.75, 3.05) is 11.7 Å². The van der Waals surface area contributed by atoms with Crippen molar-refractivity contribution in [1.82, 2.24) is 0 Å². The lowest BCUT2D eigenvalue weighted by Gasteiger charge is -2.06. The summed E-state index contributed by atoms with van der Waals surface area (Å²) in [6, 6.07) is 2.40. The predicted octanol–water partition coefficient (Wildman–Crippen LogP) is 0.209. The molecule has 0 unspecified atom stereocenters. The van der Waals surface area contributed by atoms with Crippen molar-refractivity contribution >= 4 is 21.2 Å². The zero-order valence-electron chi connectivity index (χ0n) is 8.37. The summed E-state index contributed by atoms with van der Waals surface area (Å²) in [5, 5.41) is 19.4. The number of nitrogens with zero attached hydrogens (tertiary/aromatic N) is 1. The molecular formula is C8H10N2O5S. The van der Waals surface area contributed by atoms with Gasteiger partial charge >= 0.3 is 0 Å². The maximum absolute atomic E-state index is 11.4. The van der Waals surface area contributed by atoms with E-state index < -0.39 is 31.3 Å². The number of aliphatic hydroxyl groups excluding tert-OH is 1. The van der Waals surface area contributed by atoms with Crippen molar-refractivity contribution in [3.8, 4) is 0 Å². The summed E-state index contributed by atoms with van der Waals surface area (Å²) in [4.78, 5) is 9.22. The fraction of sp³-hybridized carbons (Fsp3) is 0.250. The number of aryl methyl sites for hydroxylation is 1. The van der Waals surface area contributed by atoms with Crippen LogP contribution < -0.4 is 5.73 Å². The molecule has 88 valence electrons. The second-order valence-electron chi connectivity index (χ2n) is 3.20. The summed E-state index contributed by atoms with van der Waals surface area (Å²) in [6.07, 6.45) is 0. The van der Waals surface area contributed by atoms with Crippen LogP contribution in [0.5, 0.6) is 0 Å². The SMILES string of the molecule is Cc1cc(N)c(S(=O)(=O)CO)c([N+](=O)[O-])c1. The molecule has 0 saturated carbocycles. The van der Waals surface area contributed by atoms with Crippen LogP contribution in [0.2, 0.25) is 0 Å². The number of hydrogen-bond acceptors (Lipinski definition) is 6. The van der Waals surface area contributed by atoms with E-state index >= 15 is 0 Å². The number of rotatable bonds is 3. The van der Waals surface area contributed by atoms with Gasteiger partial charge in [-0.1, -0.05) is 0 Å². The van der Waals surface area contributed by atoms with Crippen LogP contribution in [0.1, 0.15) is 5.56 Å². The Morgan fingerprint density at radius 1 is 1.50 bits per heavy atom. The van der Waals surface area contributed by atoms with Crippen LogP contribution >= 0.6 is 0 Å². The number of aliphatic hydroxyl groups is 1. The van der Waals surface area contributed by atoms with E-state index in [0.29, 0.717) is 5.56 Å². The maximum Gasteiger partial charge on any atom is 0.290 e. The normalized spacial score (nSPS) is 11.4. The van der Waals surface area contributed by atoms with Crippen LogP contribution in [-0.4, -0.2) is 24.4 Å². The van der Waals surface area contributed by atoms with E-state index in [4.69, 9.17) is 10.8 Å². The second kappa shape index (κ2) is 4.06. The van der Waals surface area contributed by atoms with Gasteiger partial charge in [-0.2, -0.15) is 0 Å². The van der Waals surface area contributed by atoms with Crippen molar-refractivity contribution in [2.45, 2.75) is 11.8 Å². The van der Waals surface area contributed by atoms with Crippen LogP contribution in [-0.2, 0) is 9.84 Å². The number of nitrogen functional groups attached to an aromatic ring is 1. The maximum atomic E-state index is 11.4. The van der Waals surface area contributed by atoms with Crippen LogP contribution in [0, 0.1) is 17.0 Å². The van der Waals surface area contributed by atoms with Crippen molar-refractivity contribution in [3.63, 3.8) is 0 Å². The van der Waals surface area contributed by atoms with E-state index in [1.165, 1.54) is 6.07 Å². The first-order chi connectivity index (χ1) is 7.29. The van der Waals surface area contributed by atoms with Crippen LogP contribution in [0.25, 0.3) is 0 Å². The molecule has 1 rings (SSSR count). The highest BCUT2D eigenvalue weighted by atomic mass is 32.2. The Hall–Kier alpha value is -1.67. The Balaban J connectivity index is 3.67. The Morgan fingerprint density at radius 2 is 2.06 bits per heavy atom. The van der Waals surface area contributed by atoms with E-state index in [2.05, 4.69) is 0 Å².